The van der Waals surface area contributed by atoms with Crippen molar-refractivity contribution in [1.29, 1.82) is 0 Å². The average Bonchev–Trinajstić information content (AvgIpc) is 2.24. The average molecular weight is 245 g/mol. The van der Waals surface area contributed by atoms with E-state index in [4.69, 9.17) is 0 Å². The highest BCUT2D eigenvalue weighted by molar-refractivity contribution is 5.26. The van der Waals surface area contributed by atoms with Gasteiger partial charge in [0.2, 0.25) is 6.04 Å². The van der Waals surface area contributed by atoms with Crippen LogP contribution in [0.3, 0.4) is 0 Å². The Kier molecular flexibility index (Phi) is 3.88. The molecule has 0 fully saturated rings. The van der Waals surface area contributed by atoms with Gasteiger partial charge in [-0.25, -0.2) is 0 Å². The molecule has 3 nitrogen and oxygen atoms in total. The van der Waals surface area contributed by atoms with Crippen LogP contribution in [0, 0.1) is 10.1 Å². The predicted molar refractivity (Wildman–Crippen MR) is 56.0 cm³/mol. The topological polar surface area (TPSA) is 43.1 Å². The molecule has 0 radical (unpaired) electrons. The van der Waals surface area contributed by atoms with Gasteiger partial charge in [0.05, 0.1) is 5.56 Å². The molecule has 0 saturated carbocycles. The Balaban J connectivity index is 3.00. The molecule has 0 aliphatic rings. The van der Waals surface area contributed by atoms with Crippen molar-refractivity contribution in [3.63, 3.8) is 0 Å². The van der Waals surface area contributed by atoms with E-state index >= 15 is 0 Å². The van der Waals surface area contributed by atoms with Crippen LogP contribution in [0.1, 0.15) is 23.6 Å². The van der Waals surface area contributed by atoms with Gasteiger partial charge in [0, 0.05) is 16.9 Å². The zero-order valence-corrected chi connectivity index (χ0v) is 8.78. The van der Waals surface area contributed by atoms with E-state index in [1.165, 1.54) is 6.08 Å². The molecular weight excluding hydrogens is 235 g/mol. The van der Waals surface area contributed by atoms with Crippen molar-refractivity contribution in [3.05, 3.63) is 58.2 Å². The minimum atomic E-state index is -4.43. The summed E-state index contributed by atoms with van der Waals surface area (Å²) in [5, 5.41) is 10.7. The molecular formula is C11H10F3NO2. The van der Waals surface area contributed by atoms with Gasteiger partial charge in [-0.05, 0) is 12.1 Å². The van der Waals surface area contributed by atoms with Crippen molar-refractivity contribution >= 4 is 0 Å². The molecule has 1 rings (SSSR count). The van der Waals surface area contributed by atoms with E-state index in [-0.39, 0.29) is 12.0 Å². The van der Waals surface area contributed by atoms with Crippen molar-refractivity contribution in [2.24, 2.45) is 0 Å². The van der Waals surface area contributed by atoms with Crippen LogP contribution < -0.4 is 0 Å². The van der Waals surface area contributed by atoms with Gasteiger partial charge >= 0.3 is 6.18 Å². The second-order valence-corrected chi connectivity index (χ2v) is 3.45. The van der Waals surface area contributed by atoms with Gasteiger partial charge in [-0.3, -0.25) is 10.1 Å². The van der Waals surface area contributed by atoms with Crippen LogP contribution in [-0.2, 0) is 6.18 Å². The number of nitro groups is 1. The molecule has 17 heavy (non-hydrogen) atoms. The highest BCUT2D eigenvalue weighted by atomic mass is 19.4. The van der Waals surface area contributed by atoms with Gasteiger partial charge in [-0.1, -0.05) is 18.2 Å². The maximum absolute atomic E-state index is 12.3. The van der Waals surface area contributed by atoms with E-state index in [9.17, 15) is 23.3 Å². The minimum Gasteiger partial charge on any atom is -0.264 e. The quantitative estimate of drug-likeness (QED) is 0.462. The van der Waals surface area contributed by atoms with Crippen LogP contribution in [-0.4, -0.2) is 4.92 Å². The van der Waals surface area contributed by atoms with E-state index in [2.05, 4.69) is 6.58 Å². The van der Waals surface area contributed by atoms with Gasteiger partial charge in [0.25, 0.3) is 0 Å². The number of hydrogen-bond donors (Lipinski definition) is 0. The minimum absolute atomic E-state index is 0.0817. The third-order valence-electron chi connectivity index (χ3n) is 2.27. The molecule has 0 aliphatic carbocycles. The summed E-state index contributed by atoms with van der Waals surface area (Å²) in [6.45, 7) is 3.38. The first-order valence-corrected chi connectivity index (χ1v) is 4.78. The molecule has 1 aromatic carbocycles. The standard InChI is InChI=1S/C11H10F3NO2/c1-2-3-10(15(16)17)8-4-6-9(7-5-8)11(12,13)14/h2,4-7,10H,1,3H2. The van der Waals surface area contributed by atoms with Gasteiger partial charge in [0.1, 0.15) is 0 Å². The maximum atomic E-state index is 12.3. The maximum Gasteiger partial charge on any atom is 0.416 e. The molecule has 1 aromatic rings. The van der Waals surface area contributed by atoms with E-state index < -0.39 is 22.7 Å². The third-order valence-corrected chi connectivity index (χ3v) is 2.27. The number of rotatable bonds is 4. The number of benzene rings is 1. The normalized spacial score (nSPS) is 13.1. The molecule has 0 heterocycles. The molecule has 1 unspecified atom stereocenters. The molecule has 0 amide bonds. The van der Waals surface area contributed by atoms with Gasteiger partial charge in [0.15, 0.2) is 0 Å². The van der Waals surface area contributed by atoms with E-state index in [0.29, 0.717) is 0 Å². The van der Waals surface area contributed by atoms with Crippen molar-refractivity contribution in [2.75, 3.05) is 0 Å². The van der Waals surface area contributed by atoms with Crippen molar-refractivity contribution in [2.45, 2.75) is 18.6 Å². The van der Waals surface area contributed by atoms with E-state index in [1.807, 2.05) is 0 Å². The fourth-order valence-electron chi connectivity index (χ4n) is 1.40. The lowest BCUT2D eigenvalue weighted by atomic mass is 10.0. The lowest BCUT2D eigenvalue weighted by Crippen LogP contribution is -2.10. The summed E-state index contributed by atoms with van der Waals surface area (Å²) in [7, 11) is 0. The molecule has 0 N–H and O–H groups in total. The summed E-state index contributed by atoms with van der Waals surface area (Å²) in [5.74, 6) is 0. The van der Waals surface area contributed by atoms with Crippen LogP contribution >= 0.6 is 0 Å². The second-order valence-electron chi connectivity index (χ2n) is 3.45. The summed E-state index contributed by atoms with van der Waals surface area (Å²) in [6.07, 6.45) is -2.98. The number of hydrogen-bond acceptors (Lipinski definition) is 2. The summed E-state index contributed by atoms with van der Waals surface area (Å²) in [4.78, 5) is 10.2. The van der Waals surface area contributed by atoms with Crippen LogP contribution in [0.2, 0.25) is 0 Å². The Morgan fingerprint density at radius 3 is 2.24 bits per heavy atom. The first-order valence-electron chi connectivity index (χ1n) is 4.78. The summed E-state index contributed by atoms with van der Waals surface area (Å²) in [6, 6.07) is 2.89. The van der Waals surface area contributed by atoms with Crippen LogP contribution in [0.4, 0.5) is 13.2 Å². The molecule has 0 bridgehead atoms. The lowest BCUT2D eigenvalue weighted by molar-refractivity contribution is -0.528. The van der Waals surface area contributed by atoms with Gasteiger partial charge in [-0.15, -0.1) is 6.58 Å². The summed E-state index contributed by atoms with van der Waals surface area (Å²) >= 11 is 0. The fraction of sp³-hybridized carbons (Fsp3) is 0.273. The van der Waals surface area contributed by atoms with Crippen LogP contribution in [0.5, 0.6) is 0 Å². The van der Waals surface area contributed by atoms with Gasteiger partial charge in [-0.2, -0.15) is 13.2 Å². The molecule has 0 spiro atoms. The monoisotopic (exact) mass is 245 g/mol. The molecule has 1 atom stereocenters. The Hall–Kier alpha value is -1.85. The Morgan fingerprint density at radius 1 is 1.35 bits per heavy atom. The zero-order valence-electron chi connectivity index (χ0n) is 8.78. The summed E-state index contributed by atoms with van der Waals surface area (Å²) < 4.78 is 36.8. The highest BCUT2D eigenvalue weighted by Gasteiger charge is 2.31. The number of alkyl halides is 3. The molecule has 0 aromatic heterocycles. The smallest absolute Gasteiger partial charge is 0.264 e. The second kappa shape index (κ2) is 4.99. The molecule has 0 saturated heterocycles. The predicted octanol–water partition coefficient (Wildman–Crippen LogP) is 3.60. The van der Waals surface area contributed by atoms with E-state index in [0.717, 1.165) is 24.3 Å². The van der Waals surface area contributed by atoms with Crippen LogP contribution in [0.25, 0.3) is 0 Å². The Bertz CT molecular complexity index is 412. The Labute approximate surface area is 95.7 Å². The third kappa shape index (κ3) is 3.30. The van der Waals surface area contributed by atoms with Crippen molar-refractivity contribution in [3.8, 4) is 0 Å². The first kappa shape index (κ1) is 13.2. The van der Waals surface area contributed by atoms with Crippen LogP contribution in [0.15, 0.2) is 36.9 Å². The molecule has 92 valence electrons. The summed E-state index contributed by atoms with van der Waals surface area (Å²) in [5.41, 5.74) is -0.579. The zero-order chi connectivity index (χ0) is 13.1. The SMILES string of the molecule is C=CCC(c1ccc(C(F)(F)F)cc1)[N+](=O)[O-]. The van der Waals surface area contributed by atoms with E-state index in [1.54, 1.807) is 0 Å². The molecule has 0 aliphatic heterocycles. The number of halogens is 3. The highest BCUT2D eigenvalue weighted by Crippen LogP contribution is 2.30. The fourth-order valence-corrected chi connectivity index (χ4v) is 1.40. The molecule has 6 heteroatoms. The van der Waals surface area contributed by atoms with Gasteiger partial charge < -0.3 is 0 Å². The first-order chi connectivity index (χ1) is 7.86. The largest absolute Gasteiger partial charge is 0.416 e. The Morgan fingerprint density at radius 2 is 1.88 bits per heavy atom. The van der Waals surface area contributed by atoms with Crippen molar-refractivity contribution < 1.29 is 18.1 Å². The van der Waals surface area contributed by atoms with Crippen molar-refractivity contribution in [1.82, 2.24) is 0 Å². The number of nitrogens with zero attached hydrogens (tertiary/aromatic N) is 1. The lowest BCUT2D eigenvalue weighted by Gasteiger charge is -2.10.